The third-order valence-electron chi connectivity index (χ3n) is 8.79. The number of carbonyl (C=O) groups is 1. The molecular weight excluding hydrogens is 388 g/mol. The van der Waals surface area contributed by atoms with Gasteiger partial charge in [-0.15, -0.1) is 0 Å². The maximum atomic E-state index is 11.7. The molecule has 0 heterocycles. The van der Waals surface area contributed by atoms with Crippen LogP contribution >= 0.6 is 0 Å². The summed E-state index contributed by atoms with van der Waals surface area (Å²) in [6.45, 7) is 6.04. The number of rotatable bonds is 2. The predicted octanol–water partition coefficient (Wildman–Crippen LogP) is 2.42. The van der Waals surface area contributed by atoms with Crippen molar-refractivity contribution in [2.45, 2.75) is 58.2 Å². The molecule has 4 aliphatic rings. The fourth-order valence-electron chi connectivity index (χ4n) is 7.52. The second-order valence-corrected chi connectivity index (χ2v) is 10.0. The van der Waals surface area contributed by atoms with Crippen molar-refractivity contribution in [1.82, 2.24) is 0 Å². The standard InChI is InChI=1S/C22H30N2O6/c1-11-8-13-14-5-7-22(28,18(24-30)19(26)27)21(14,3)10-16(25)17(13)20(2)6-4-12(23-29)9-15(11)20/h4,6,9,11,13-14,16-17,25,28-30H,5,7-8,10H2,1-3H3,(H,26,27)/t11-,13-,14-,16-,17+,20-,21-,22-/m0/s1. The summed E-state index contributed by atoms with van der Waals surface area (Å²) in [6, 6.07) is 0. The Kier molecular flexibility index (Phi) is 4.67. The summed E-state index contributed by atoms with van der Waals surface area (Å²) in [7, 11) is 0. The quantitative estimate of drug-likeness (QED) is 0.265. The first-order chi connectivity index (χ1) is 14.0. The molecule has 5 N–H and O–H groups in total. The van der Waals surface area contributed by atoms with E-state index in [-0.39, 0.29) is 36.5 Å². The largest absolute Gasteiger partial charge is 0.477 e. The van der Waals surface area contributed by atoms with E-state index in [0.717, 1.165) is 12.0 Å². The lowest BCUT2D eigenvalue weighted by Gasteiger charge is -2.61. The van der Waals surface area contributed by atoms with Gasteiger partial charge in [0, 0.05) is 16.7 Å². The van der Waals surface area contributed by atoms with E-state index in [1.165, 1.54) is 0 Å². The van der Waals surface area contributed by atoms with E-state index in [2.05, 4.69) is 24.2 Å². The Balaban J connectivity index is 1.79. The highest BCUT2D eigenvalue weighted by atomic mass is 16.4. The Bertz CT molecular complexity index is 894. The van der Waals surface area contributed by atoms with E-state index in [9.17, 15) is 30.5 Å². The van der Waals surface area contributed by atoms with E-state index < -0.39 is 34.2 Å². The Morgan fingerprint density at radius 3 is 2.57 bits per heavy atom. The van der Waals surface area contributed by atoms with Crippen molar-refractivity contribution < 1.29 is 30.5 Å². The average molecular weight is 418 g/mol. The van der Waals surface area contributed by atoms with Crippen molar-refractivity contribution >= 4 is 17.4 Å². The Hall–Kier alpha value is -2.19. The maximum Gasteiger partial charge on any atom is 0.356 e. The van der Waals surface area contributed by atoms with Crippen LogP contribution in [0, 0.1) is 34.5 Å². The summed E-state index contributed by atoms with van der Waals surface area (Å²) >= 11 is 0. The molecule has 3 saturated carbocycles. The lowest BCUT2D eigenvalue weighted by molar-refractivity contribution is -0.151. The molecule has 164 valence electrons. The number of aliphatic hydroxyl groups is 2. The van der Waals surface area contributed by atoms with E-state index >= 15 is 0 Å². The number of hydrogen-bond acceptors (Lipinski definition) is 7. The number of fused-ring (bicyclic) bond motifs is 5. The summed E-state index contributed by atoms with van der Waals surface area (Å²) in [5.74, 6) is -1.33. The SMILES string of the molecule is C[C@H]1C[C@@H]2[C@H]([C@@H](O)C[C@@]3(C)[C@H]2CC[C@]3(O)C(=NO)C(=O)O)[C@@]2(C)C=CC(=NO)C=C12. The molecule has 0 unspecified atom stereocenters. The molecular formula is C22H30N2O6. The summed E-state index contributed by atoms with van der Waals surface area (Å²) in [4.78, 5) is 11.7. The molecule has 8 nitrogen and oxygen atoms in total. The lowest BCUT2D eigenvalue weighted by Crippen LogP contribution is -2.62. The minimum Gasteiger partial charge on any atom is -0.477 e. The monoisotopic (exact) mass is 418 g/mol. The summed E-state index contributed by atoms with van der Waals surface area (Å²) in [6.07, 6.45) is 6.68. The highest BCUT2D eigenvalue weighted by Gasteiger charge is 2.69. The average Bonchev–Trinajstić information content (AvgIpc) is 2.93. The van der Waals surface area contributed by atoms with Gasteiger partial charge in [-0.1, -0.05) is 42.7 Å². The molecule has 0 bridgehead atoms. The van der Waals surface area contributed by atoms with Crippen LogP contribution in [0.2, 0.25) is 0 Å². The molecule has 0 aliphatic heterocycles. The highest BCUT2D eigenvalue weighted by Crippen LogP contribution is 2.67. The molecule has 0 saturated heterocycles. The number of aliphatic hydroxyl groups excluding tert-OH is 1. The summed E-state index contributed by atoms with van der Waals surface area (Å²) in [5, 5.41) is 57.2. The van der Waals surface area contributed by atoms with Crippen molar-refractivity contribution in [3.05, 3.63) is 23.8 Å². The van der Waals surface area contributed by atoms with Gasteiger partial charge in [0.25, 0.3) is 0 Å². The third kappa shape index (κ3) is 2.49. The molecule has 0 aromatic heterocycles. The number of oxime groups is 2. The molecule has 0 aromatic rings. The molecule has 0 aromatic carbocycles. The molecule has 4 rings (SSSR count). The van der Waals surface area contributed by atoms with Crippen LogP contribution in [0.5, 0.6) is 0 Å². The molecule has 30 heavy (non-hydrogen) atoms. The molecule has 3 fully saturated rings. The predicted molar refractivity (Wildman–Crippen MR) is 109 cm³/mol. The van der Waals surface area contributed by atoms with Crippen LogP contribution in [0.4, 0.5) is 0 Å². The van der Waals surface area contributed by atoms with Crippen molar-refractivity contribution in [2.75, 3.05) is 0 Å². The number of aliphatic carboxylic acids is 1. The van der Waals surface area contributed by atoms with Crippen LogP contribution in [0.1, 0.15) is 46.5 Å². The molecule has 8 atom stereocenters. The maximum absolute atomic E-state index is 11.7. The van der Waals surface area contributed by atoms with E-state index in [0.29, 0.717) is 12.1 Å². The topological polar surface area (TPSA) is 143 Å². The van der Waals surface area contributed by atoms with Gasteiger partial charge in [0.2, 0.25) is 0 Å². The number of nitrogens with zero attached hydrogens (tertiary/aromatic N) is 2. The van der Waals surface area contributed by atoms with Crippen molar-refractivity contribution in [1.29, 1.82) is 0 Å². The number of carboxylic acids is 1. The first kappa shape index (κ1) is 21.1. The Labute approximate surface area is 175 Å². The van der Waals surface area contributed by atoms with E-state index in [1.54, 1.807) is 6.08 Å². The summed E-state index contributed by atoms with van der Waals surface area (Å²) in [5.41, 5.74) is -2.17. The number of allylic oxidation sites excluding steroid dienone is 4. The minimum atomic E-state index is -1.80. The van der Waals surface area contributed by atoms with Gasteiger partial charge < -0.3 is 25.7 Å². The second-order valence-electron chi connectivity index (χ2n) is 10.0. The van der Waals surface area contributed by atoms with Crippen molar-refractivity contribution in [3.63, 3.8) is 0 Å². The number of hydrogen-bond donors (Lipinski definition) is 5. The van der Waals surface area contributed by atoms with Crippen LogP contribution in [-0.4, -0.2) is 54.8 Å². The minimum absolute atomic E-state index is 0.0193. The third-order valence-corrected chi connectivity index (χ3v) is 8.79. The van der Waals surface area contributed by atoms with E-state index in [4.69, 9.17) is 0 Å². The van der Waals surface area contributed by atoms with Crippen LogP contribution in [-0.2, 0) is 4.79 Å². The molecule has 8 heteroatoms. The fourth-order valence-corrected chi connectivity index (χ4v) is 7.52. The van der Waals surface area contributed by atoms with Crippen molar-refractivity contribution in [2.24, 2.45) is 44.8 Å². The first-order valence-electron chi connectivity index (χ1n) is 10.5. The van der Waals surface area contributed by atoms with Gasteiger partial charge in [0.15, 0.2) is 5.71 Å². The van der Waals surface area contributed by atoms with Gasteiger partial charge in [0.05, 0.1) is 6.10 Å². The molecule has 0 spiro atoms. The normalized spacial score (nSPS) is 49.2. The zero-order chi connectivity index (χ0) is 22.1. The van der Waals surface area contributed by atoms with Gasteiger partial charge in [-0.2, -0.15) is 0 Å². The highest BCUT2D eigenvalue weighted by molar-refractivity contribution is 6.39. The van der Waals surface area contributed by atoms with Gasteiger partial charge in [-0.05, 0) is 55.6 Å². The van der Waals surface area contributed by atoms with Gasteiger partial charge in [0.1, 0.15) is 11.3 Å². The van der Waals surface area contributed by atoms with Crippen LogP contribution in [0.15, 0.2) is 34.1 Å². The van der Waals surface area contributed by atoms with E-state index in [1.807, 2.05) is 19.1 Å². The zero-order valence-corrected chi connectivity index (χ0v) is 17.5. The first-order valence-corrected chi connectivity index (χ1v) is 10.5. The summed E-state index contributed by atoms with van der Waals surface area (Å²) < 4.78 is 0. The Morgan fingerprint density at radius 2 is 1.97 bits per heavy atom. The van der Waals surface area contributed by atoms with Crippen LogP contribution < -0.4 is 0 Å². The van der Waals surface area contributed by atoms with Crippen molar-refractivity contribution in [3.8, 4) is 0 Å². The lowest BCUT2D eigenvalue weighted by atomic mass is 9.44. The number of carboxylic acid groups (broad SMARTS) is 1. The second kappa shape index (κ2) is 6.65. The van der Waals surface area contributed by atoms with Gasteiger partial charge in [-0.3, -0.25) is 0 Å². The fraction of sp³-hybridized carbons (Fsp3) is 0.682. The molecule has 4 aliphatic carbocycles. The van der Waals surface area contributed by atoms with Crippen LogP contribution in [0.3, 0.4) is 0 Å². The van der Waals surface area contributed by atoms with Gasteiger partial charge >= 0.3 is 5.97 Å². The van der Waals surface area contributed by atoms with Gasteiger partial charge in [-0.25, -0.2) is 4.79 Å². The Morgan fingerprint density at radius 1 is 1.27 bits per heavy atom. The molecule has 0 radical (unpaired) electrons. The van der Waals surface area contributed by atoms with Crippen LogP contribution in [0.25, 0.3) is 0 Å². The molecule has 0 amide bonds. The smallest absolute Gasteiger partial charge is 0.356 e. The zero-order valence-electron chi connectivity index (χ0n) is 17.5.